The highest BCUT2D eigenvalue weighted by Gasteiger charge is 2.13. The summed E-state index contributed by atoms with van der Waals surface area (Å²) in [6.45, 7) is 1.55. The number of aromatic nitrogens is 2. The molecule has 0 amide bonds. The van der Waals surface area contributed by atoms with E-state index in [1.165, 1.54) is 20.3 Å². The van der Waals surface area contributed by atoms with E-state index in [-0.39, 0.29) is 17.0 Å². The molecule has 0 atom stereocenters. The molecule has 0 aliphatic rings. The fourth-order valence-corrected chi connectivity index (χ4v) is 2.08. The van der Waals surface area contributed by atoms with Crippen molar-refractivity contribution in [3.05, 3.63) is 27.5 Å². The first-order valence-corrected chi connectivity index (χ1v) is 4.66. The van der Waals surface area contributed by atoms with E-state index in [1.54, 1.807) is 25.5 Å². The van der Waals surface area contributed by atoms with E-state index in [0.29, 0.717) is 4.96 Å². The standard InChI is InChI=1S/C8H8N2O2S/c1-5-6(11)9(2)8-10(7(5)12)3-4-13-8/h3-4H,1-2H3. The SMILES string of the molecule is Cc1c([O-])[n+](C)c2sccn2c1=O. The third-order valence-electron chi connectivity index (χ3n) is 2.04. The van der Waals surface area contributed by atoms with Gasteiger partial charge in [0.25, 0.3) is 0 Å². The fraction of sp³-hybridized carbons (Fsp3) is 0.250. The molecule has 13 heavy (non-hydrogen) atoms. The summed E-state index contributed by atoms with van der Waals surface area (Å²) in [6.07, 6.45) is 1.68. The maximum absolute atomic E-state index is 11.5. The minimum atomic E-state index is -0.223. The summed E-state index contributed by atoms with van der Waals surface area (Å²) in [5.41, 5.74) is 0.0396. The molecule has 0 aliphatic heterocycles. The van der Waals surface area contributed by atoms with Crippen molar-refractivity contribution in [1.82, 2.24) is 4.40 Å². The summed E-state index contributed by atoms with van der Waals surface area (Å²) in [5, 5.41) is 13.2. The number of fused-ring (bicyclic) bond motifs is 1. The van der Waals surface area contributed by atoms with Crippen LogP contribution in [0.1, 0.15) is 5.56 Å². The van der Waals surface area contributed by atoms with Gasteiger partial charge in [-0.3, -0.25) is 0 Å². The zero-order valence-corrected chi connectivity index (χ0v) is 8.09. The van der Waals surface area contributed by atoms with Gasteiger partial charge in [0.2, 0.25) is 0 Å². The van der Waals surface area contributed by atoms with Crippen LogP contribution in [-0.2, 0) is 7.05 Å². The van der Waals surface area contributed by atoms with Gasteiger partial charge in [-0.25, -0.2) is 9.36 Å². The van der Waals surface area contributed by atoms with Crippen LogP contribution in [0.25, 0.3) is 4.96 Å². The molecule has 0 fully saturated rings. The Morgan fingerprint density at radius 1 is 1.62 bits per heavy atom. The summed E-state index contributed by atoms with van der Waals surface area (Å²) in [4.78, 5) is 12.2. The zero-order valence-electron chi connectivity index (χ0n) is 7.27. The van der Waals surface area contributed by atoms with Gasteiger partial charge in [-0.2, -0.15) is 4.40 Å². The van der Waals surface area contributed by atoms with Crippen molar-refractivity contribution in [1.29, 1.82) is 0 Å². The Morgan fingerprint density at radius 2 is 2.31 bits per heavy atom. The van der Waals surface area contributed by atoms with Gasteiger partial charge in [0, 0.05) is 5.38 Å². The average Bonchev–Trinajstić information content (AvgIpc) is 2.59. The van der Waals surface area contributed by atoms with Gasteiger partial charge in [-0.05, 0) is 6.92 Å². The first-order chi connectivity index (χ1) is 6.13. The summed E-state index contributed by atoms with van der Waals surface area (Å²) >= 11 is 1.38. The third-order valence-corrected chi connectivity index (χ3v) is 2.98. The van der Waals surface area contributed by atoms with E-state index in [1.807, 2.05) is 0 Å². The molecule has 0 spiro atoms. The fourth-order valence-electron chi connectivity index (χ4n) is 1.28. The first-order valence-electron chi connectivity index (χ1n) is 3.78. The van der Waals surface area contributed by atoms with Gasteiger partial charge in [-0.1, -0.05) is 11.3 Å². The van der Waals surface area contributed by atoms with Crippen molar-refractivity contribution in [2.24, 2.45) is 7.05 Å². The molecule has 0 saturated heterocycles. The predicted octanol–water partition coefficient (Wildman–Crippen LogP) is -0.432. The van der Waals surface area contributed by atoms with Crippen LogP contribution in [0.4, 0.5) is 0 Å². The maximum atomic E-state index is 11.5. The number of rotatable bonds is 0. The van der Waals surface area contributed by atoms with Crippen LogP contribution in [0.5, 0.6) is 5.88 Å². The Bertz CT molecular complexity index is 527. The van der Waals surface area contributed by atoms with E-state index < -0.39 is 0 Å². The highest BCUT2D eigenvalue weighted by Crippen LogP contribution is 2.08. The first kappa shape index (κ1) is 8.25. The molecule has 2 heterocycles. The smallest absolute Gasteiger partial charge is 0.347 e. The van der Waals surface area contributed by atoms with Gasteiger partial charge in [0.05, 0.1) is 18.5 Å². The van der Waals surface area contributed by atoms with Crippen molar-refractivity contribution in [2.75, 3.05) is 0 Å². The molecule has 5 heteroatoms. The van der Waals surface area contributed by atoms with Crippen molar-refractivity contribution in [3.8, 4) is 5.88 Å². The third kappa shape index (κ3) is 0.968. The Balaban J connectivity index is 3.11. The van der Waals surface area contributed by atoms with E-state index >= 15 is 0 Å². The van der Waals surface area contributed by atoms with E-state index in [0.717, 1.165) is 0 Å². The second-order valence-electron chi connectivity index (χ2n) is 2.85. The second kappa shape index (κ2) is 2.56. The summed E-state index contributed by atoms with van der Waals surface area (Å²) in [5.74, 6) is -0.215. The molecule has 4 nitrogen and oxygen atoms in total. The number of hydrogen-bond donors (Lipinski definition) is 0. The van der Waals surface area contributed by atoms with E-state index in [4.69, 9.17) is 0 Å². The maximum Gasteiger partial charge on any atom is 0.347 e. The van der Waals surface area contributed by atoms with Gasteiger partial charge in [0.1, 0.15) is 6.20 Å². The van der Waals surface area contributed by atoms with Crippen LogP contribution in [0.15, 0.2) is 16.4 Å². The normalized spacial score (nSPS) is 10.9. The van der Waals surface area contributed by atoms with Crippen molar-refractivity contribution in [3.63, 3.8) is 0 Å². The van der Waals surface area contributed by atoms with Crippen LogP contribution in [0.3, 0.4) is 0 Å². The van der Waals surface area contributed by atoms with Crippen LogP contribution in [0, 0.1) is 6.92 Å². The number of aryl methyl sites for hydroxylation is 1. The molecule has 0 aliphatic carbocycles. The lowest BCUT2D eigenvalue weighted by atomic mass is 10.3. The van der Waals surface area contributed by atoms with Crippen LogP contribution in [0.2, 0.25) is 0 Å². The zero-order chi connectivity index (χ0) is 9.59. The minimum Gasteiger partial charge on any atom is -0.842 e. The summed E-state index contributed by atoms with van der Waals surface area (Å²) in [7, 11) is 1.67. The average molecular weight is 196 g/mol. The minimum absolute atomic E-state index is 0.215. The van der Waals surface area contributed by atoms with Crippen LogP contribution >= 0.6 is 11.3 Å². The van der Waals surface area contributed by atoms with Crippen molar-refractivity contribution < 1.29 is 9.67 Å². The monoisotopic (exact) mass is 196 g/mol. The molecule has 2 aromatic rings. The van der Waals surface area contributed by atoms with Crippen LogP contribution < -0.4 is 15.2 Å². The van der Waals surface area contributed by atoms with Gasteiger partial charge in [0.15, 0.2) is 0 Å². The molecule has 0 saturated carbocycles. The quantitative estimate of drug-likeness (QED) is 0.537. The molecule has 0 unspecified atom stereocenters. The summed E-state index contributed by atoms with van der Waals surface area (Å²) < 4.78 is 2.97. The second-order valence-corrected chi connectivity index (χ2v) is 3.72. The Hall–Kier alpha value is -1.36. The van der Waals surface area contributed by atoms with E-state index in [9.17, 15) is 9.90 Å². The molecule has 68 valence electrons. The van der Waals surface area contributed by atoms with Crippen molar-refractivity contribution >= 4 is 16.3 Å². The van der Waals surface area contributed by atoms with E-state index in [2.05, 4.69) is 0 Å². The Morgan fingerprint density at radius 3 is 3.00 bits per heavy atom. The molecular formula is C8H8N2O2S. The Kier molecular flexibility index (Phi) is 1.63. The lowest BCUT2D eigenvalue weighted by Gasteiger charge is -2.08. The number of nitrogens with zero attached hydrogens (tertiary/aromatic N) is 2. The number of hydrogen-bond acceptors (Lipinski definition) is 3. The van der Waals surface area contributed by atoms with Crippen molar-refractivity contribution in [2.45, 2.75) is 6.92 Å². The van der Waals surface area contributed by atoms with Gasteiger partial charge in [-0.15, -0.1) is 0 Å². The molecular weight excluding hydrogens is 188 g/mol. The molecule has 0 aromatic carbocycles. The predicted molar refractivity (Wildman–Crippen MR) is 46.9 cm³/mol. The number of thiazole rings is 1. The molecule has 2 rings (SSSR count). The highest BCUT2D eigenvalue weighted by atomic mass is 32.1. The molecule has 0 N–H and O–H groups in total. The van der Waals surface area contributed by atoms with Gasteiger partial charge >= 0.3 is 10.5 Å². The highest BCUT2D eigenvalue weighted by molar-refractivity contribution is 7.14. The van der Waals surface area contributed by atoms with Crippen LogP contribution in [-0.4, -0.2) is 4.40 Å². The summed E-state index contributed by atoms with van der Waals surface area (Å²) in [6, 6.07) is 0. The molecule has 2 aromatic heterocycles. The Labute approximate surface area is 78.3 Å². The topological polar surface area (TPSA) is 48.4 Å². The largest absolute Gasteiger partial charge is 0.842 e. The lowest BCUT2D eigenvalue weighted by molar-refractivity contribution is -0.693. The lowest BCUT2D eigenvalue weighted by Crippen LogP contribution is -2.39. The molecule has 0 radical (unpaired) electrons. The van der Waals surface area contributed by atoms with Gasteiger partial charge < -0.3 is 5.11 Å². The molecule has 0 bridgehead atoms.